The van der Waals surface area contributed by atoms with Crippen molar-refractivity contribution in [1.29, 1.82) is 0 Å². The third-order valence-electron chi connectivity index (χ3n) is 2.50. The third kappa shape index (κ3) is 2.31. The Morgan fingerprint density at radius 1 is 1.44 bits per heavy atom. The molecule has 2 rings (SSSR count). The first-order valence-electron chi connectivity index (χ1n) is 5.09. The zero-order chi connectivity index (χ0) is 11.6. The number of nitrogens with zero attached hydrogens (tertiary/aromatic N) is 2. The van der Waals surface area contributed by atoms with E-state index in [4.69, 9.17) is 4.74 Å². The van der Waals surface area contributed by atoms with E-state index in [-0.39, 0.29) is 5.60 Å². The normalized spacial score (nSPS) is 11.9. The van der Waals surface area contributed by atoms with Gasteiger partial charge in [-0.05, 0) is 25.3 Å². The molecule has 0 aliphatic carbocycles. The summed E-state index contributed by atoms with van der Waals surface area (Å²) < 4.78 is 5.35. The van der Waals surface area contributed by atoms with Crippen molar-refractivity contribution in [1.82, 2.24) is 9.97 Å². The lowest BCUT2D eigenvalue weighted by atomic mass is 10.1. The SMILES string of the molecule is COC(C)(C)CNc1ncnc2sccc12. The number of nitrogens with one attached hydrogen (secondary N) is 1. The van der Waals surface area contributed by atoms with Gasteiger partial charge >= 0.3 is 0 Å². The molecule has 4 nitrogen and oxygen atoms in total. The highest BCUT2D eigenvalue weighted by atomic mass is 32.1. The molecule has 0 aromatic carbocycles. The molecule has 0 saturated heterocycles. The highest BCUT2D eigenvalue weighted by Crippen LogP contribution is 2.24. The van der Waals surface area contributed by atoms with Crippen LogP contribution in [0.1, 0.15) is 13.8 Å². The van der Waals surface area contributed by atoms with Gasteiger partial charge in [-0.15, -0.1) is 11.3 Å². The minimum absolute atomic E-state index is 0.201. The Bertz CT molecular complexity index is 481. The van der Waals surface area contributed by atoms with E-state index in [0.717, 1.165) is 16.0 Å². The van der Waals surface area contributed by atoms with Crippen LogP contribution in [-0.2, 0) is 4.74 Å². The molecule has 0 fully saturated rings. The summed E-state index contributed by atoms with van der Waals surface area (Å²) in [5, 5.41) is 6.38. The lowest BCUT2D eigenvalue weighted by Crippen LogP contribution is -2.32. The van der Waals surface area contributed by atoms with E-state index >= 15 is 0 Å². The zero-order valence-electron chi connectivity index (χ0n) is 9.65. The molecule has 16 heavy (non-hydrogen) atoms. The van der Waals surface area contributed by atoms with E-state index in [1.165, 1.54) is 0 Å². The largest absolute Gasteiger partial charge is 0.377 e. The average molecular weight is 237 g/mol. The van der Waals surface area contributed by atoms with Gasteiger partial charge in [-0.2, -0.15) is 0 Å². The van der Waals surface area contributed by atoms with Gasteiger partial charge in [0, 0.05) is 13.7 Å². The molecule has 2 heterocycles. The van der Waals surface area contributed by atoms with Crippen LogP contribution in [0.2, 0.25) is 0 Å². The molecule has 2 aromatic heterocycles. The van der Waals surface area contributed by atoms with Crippen LogP contribution in [0.4, 0.5) is 5.82 Å². The van der Waals surface area contributed by atoms with Crippen molar-refractivity contribution in [3.63, 3.8) is 0 Å². The van der Waals surface area contributed by atoms with Gasteiger partial charge in [0.25, 0.3) is 0 Å². The number of ether oxygens (including phenoxy) is 1. The van der Waals surface area contributed by atoms with Crippen LogP contribution in [0.5, 0.6) is 0 Å². The molecule has 0 bridgehead atoms. The van der Waals surface area contributed by atoms with Crippen molar-refractivity contribution in [2.45, 2.75) is 19.4 Å². The van der Waals surface area contributed by atoms with E-state index < -0.39 is 0 Å². The summed E-state index contributed by atoms with van der Waals surface area (Å²) in [6.45, 7) is 4.78. The molecule has 0 aliphatic heterocycles. The van der Waals surface area contributed by atoms with Gasteiger partial charge in [-0.3, -0.25) is 0 Å². The number of thiophene rings is 1. The van der Waals surface area contributed by atoms with Gasteiger partial charge in [-0.25, -0.2) is 9.97 Å². The molecule has 0 amide bonds. The highest BCUT2D eigenvalue weighted by molar-refractivity contribution is 7.16. The van der Waals surface area contributed by atoms with Crippen LogP contribution in [0, 0.1) is 0 Å². The van der Waals surface area contributed by atoms with Gasteiger partial charge in [0.15, 0.2) is 0 Å². The molecule has 1 N–H and O–H groups in total. The Kier molecular flexibility index (Phi) is 3.07. The Hall–Kier alpha value is -1.20. The van der Waals surface area contributed by atoms with Crippen molar-refractivity contribution in [3.05, 3.63) is 17.8 Å². The number of aromatic nitrogens is 2. The molecule has 2 aromatic rings. The Labute approximate surface area is 98.7 Å². The summed E-state index contributed by atoms with van der Waals surface area (Å²) in [5.74, 6) is 0.872. The zero-order valence-corrected chi connectivity index (χ0v) is 10.5. The first-order valence-corrected chi connectivity index (χ1v) is 5.97. The lowest BCUT2D eigenvalue weighted by molar-refractivity contribution is 0.0343. The van der Waals surface area contributed by atoms with Crippen molar-refractivity contribution in [2.75, 3.05) is 19.0 Å². The van der Waals surface area contributed by atoms with E-state index in [9.17, 15) is 0 Å². The van der Waals surface area contributed by atoms with E-state index in [0.29, 0.717) is 6.54 Å². The van der Waals surface area contributed by atoms with Crippen molar-refractivity contribution in [2.24, 2.45) is 0 Å². The quantitative estimate of drug-likeness (QED) is 0.887. The number of rotatable bonds is 4. The molecule has 5 heteroatoms. The van der Waals surface area contributed by atoms with Gasteiger partial charge < -0.3 is 10.1 Å². The van der Waals surface area contributed by atoms with Gasteiger partial charge in [-0.1, -0.05) is 0 Å². The van der Waals surface area contributed by atoms with E-state index in [1.54, 1.807) is 24.8 Å². The fraction of sp³-hybridized carbons (Fsp3) is 0.455. The molecule has 0 unspecified atom stereocenters. The molecular formula is C11H15N3OS. The van der Waals surface area contributed by atoms with Crippen LogP contribution in [-0.4, -0.2) is 29.2 Å². The summed E-state index contributed by atoms with van der Waals surface area (Å²) in [7, 11) is 1.71. The van der Waals surface area contributed by atoms with E-state index in [2.05, 4.69) is 15.3 Å². The molecule has 86 valence electrons. The number of hydrogen-bond donors (Lipinski definition) is 1. The van der Waals surface area contributed by atoms with Crippen LogP contribution in [0.25, 0.3) is 10.2 Å². The topological polar surface area (TPSA) is 47.0 Å². The molecule has 0 spiro atoms. The van der Waals surface area contributed by atoms with Gasteiger partial charge in [0.1, 0.15) is 17.0 Å². The monoisotopic (exact) mass is 237 g/mol. The second kappa shape index (κ2) is 4.35. The van der Waals surface area contributed by atoms with Crippen LogP contribution in [0.15, 0.2) is 17.8 Å². The maximum Gasteiger partial charge on any atom is 0.138 e. The summed E-state index contributed by atoms with van der Waals surface area (Å²) in [6.07, 6.45) is 1.58. The first-order chi connectivity index (χ1) is 7.62. The van der Waals surface area contributed by atoms with Crippen LogP contribution < -0.4 is 5.32 Å². The van der Waals surface area contributed by atoms with Crippen LogP contribution in [0.3, 0.4) is 0 Å². The Morgan fingerprint density at radius 3 is 3.00 bits per heavy atom. The van der Waals surface area contributed by atoms with Crippen molar-refractivity contribution < 1.29 is 4.74 Å². The summed E-state index contributed by atoms with van der Waals surface area (Å²) >= 11 is 1.62. The predicted molar refractivity (Wildman–Crippen MR) is 67.0 cm³/mol. The molecule has 0 radical (unpaired) electrons. The first kappa shape index (κ1) is 11.3. The molecule has 0 aliphatic rings. The number of anilines is 1. The van der Waals surface area contributed by atoms with E-state index in [1.807, 2.05) is 25.3 Å². The smallest absolute Gasteiger partial charge is 0.138 e. The second-order valence-electron chi connectivity index (χ2n) is 4.18. The van der Waals surface area contributed by atoms with Crippen molar-refractivity contribution >= 4 is 27.4 Å². The summed E-state index contributed by atoms with van der Waals surface area (Å²) in [4.78, 5) is 9.46. The third-order valence-corrected chi connectivity index (χ3v) is 3.32. The number of methoxy groups -OCH3 is 1. The predicted octanol–water partition coefficient (Wildman–Crippen LogP) is 2.53. The Morgan fingerprint density at radius 2 is 2.25 bits per heavy atom. The van der Waals surface area contributed by atoms with Gasteiger partial charge in [0.05, 0.1) is 11.0 Å². The minimum atomic E-state index is -0.201. The lowest BCUT2D eigenvalue weighted by Gasteiger charge is -2.23. The summed E-state index contributed by atoms with van der Waals surface area (Å²) in [5.41, 5.74) is -0.201. The highest BCUT2D eigenvalue weighted by Gasteiger charge is 2.16. The fourth-order valence-electron chi connectivity index (χ4n) is 1.30. The fourth-order valence-corrected chi connectivity index (χ4v) is 2.03. The average Bonchev–Trinajstić information content (AvgIpc) is 2.75. The van der Waals surface area contributed by atoms with Crippen molar-refractivity contribution in [3.8, 4) is 0 Å². The maximum atomic E-state index is 5.35. The molecule has 0 atom stereocenters. The summed E-state index contributed by atoms with van der Waals surface area (Å²) in [6, 6.07) is 2.03. The van der Waals surface area contributed by atoms with Crippen LogP contribution >= 0.6 is 11.3 Å². The number of hydrogen-bond acceptors (Lipinski definition) is 5. The molecule has 0 saturated carbocycles. The maximum absolute atomic E-state index is 5.35. The second-order valence-corrected chi connectivity index (χ2v) is 5.07. The van der Waals surface area contributed by atoms with Gasteiger partial charge in [0.2, 0.25) is 0 Å². The molecular weight excluding hydrogens is 222 g/mol. The standard InChI is InChI=1S/C11H15N3OS/c1-11(2,15-3)6-12-9-8-4-5-16-10(8)14-7-13-9/h4-5,7H,6H2,1-3H3,(H,12,13,14). The minimum Gasteiger partial charge on any atom is -0.377 e. The Balaban J connectivity index is 2.18. The number of fused-ring (bicyclic) bond motifs is 1.